The minimum atomic E-state index is -0.744. The van der Waals surface area contributed by atoms with Crippen LogP contribution in [0.2, 0.25) is 10.0 Å². The van der Waals surface area contributed by atoms with Crippen molar-refractivity contribution in [1.82, 2.24) is 14.7 Å². The van der Waals surface area contributed by atoms with E-state index >= 15 is 0 Å². The summed E-state index contributed by atoms with van der Waals surface area (Å²) in [6, 6.07) is 21.4. The van der Waals surface area contributed by atoms with Gasteiger partial charge in [0.05, 0.1) is 11.4 Å². The first-order chi connectivity index (χ1) is 32.1. The molecule has 0 bridgehead atoms. The second kappa shape index (κ2) is 23.9. The number of rotatable bonds is 15. The number of nitrogens with one attached hydrogen (secondary N) is 2. The molecule has 0 spiro atoms. The fourth-order valence-corrected chi connectivity index (χ4v) is 9.69. The van der Waals surface area contributed by atoms with Crippen molar-refractivity contribution in [1.29, 1.82) is 0 Å². The third-order valence-corrected chi connectivity index (χ3v) is 13.7. The highest BCUT2D eigenvalue weighted by molar-refractivity contribution is 6.31. The molecule has 0 unspecified atom stereocenters. The quantitative estimate of drug-likeness (QED) is 0.0920. The normalized spacial score (nSPS) is 16.8. The van der Waals surface area contributed by atoms with Gasteiger partial charge in [0.15, 0.2) is 13.2 Å². The highest BCUT2D eigenvalue weighted by Gasteiger charge is 2.38. The van der Waals surface area contributed by atoms with E-state index < -0.39 is 12.1 Å². The number of likely N-dealkylation sites (tertiary alicyclic amines) is 3. The largest absolute Gasteiger partial charge is 0.482 e. The van der Waals surface area contributed by atoms with Gasteiger partial charge in [-0.25, -0.2) is 18.4 Å². The molecule has 0 radical (unpaired) electrons. The van der Waals surface area contributed by atoms with Gasteiger partial charge >= 0.3 is 12.1 Å². The second-order valence-corrected chi connectivity index (χ2v) is 18.8. The minimum absolute atomic E-state index is 0.0432. The molecule has 0 saturated carbocycles. The third kappa shape index (κ3) is 15.2. The molecule has 3 saturated heterocycles. The Kier molecular flexibility index (Phi) is 18.1. The van der Waals surface area contributed by atoms with Gasteiger partial charge < -0.3 is 46.3 Å². The lowest BCUT2D eigenvalue weighted by atomic mass is 9.72. The molecule has 0 atom stereocenters. The number of urea groups is 2. The number of primary amides is 2. The first kappa shape index (κ1) is 50.8. The van der Waals surface area contributed by atoms with Crippen LogP contribution in [0.5, 0.6) is 11.5 Å². The van der Waals surface area contributed by atoms with E-state index in [1.54, 1.807) is 29.2 Å². The summed E-state index contributed by atoms with van der Waals surface area (Å²) < 4.78 is 38.0. The molecule has 13 nitrogen and oxygen atoms in total. The van der Waals surface area contributed by atoms with E-state index in [1.807, 2.05) is 29.2 Å². The Labute approximate surface area is 401 Å². The average molecular weight is 965 g/mol. The number of hydrogen-bond donors (Lipinski definition) is 4. The zero-order chi connectivity index (χ0) is 48.0. The molecule has 3 heterocycles. The standard InChI is InChI=1S/C27H34ClFN4O3.C23H27ClFN3O3/c28-21-6-9-24(23(16-21)31-26(30)35)36-18-25(34)33-14-10-27(11-15-33,19-32-12-2-1-3-13-32)17-20-4-7-22(29)8-5-20;1-2-23(14-16-3-6-18(25)7-4-16)9-11-28(12-10-23)21(29)15-31-20-8-5-17(24)13-19(20)27-22(26)30/h4-9,16H,1-3,10-15,17-19H2,(H3,30,31,35);3-8,13H,2,9-12,14-15H2,1H3,(H3,26,27,30). The molecule has 7 rings (SSSR count). The number of carbonyl (C=O) groups is 4. The van der Waals surface area contributed by atoms with Gasteiger partial charge in [0.1, 0.15) is 23.1 Å². The predicted molar refractivity (Wildman–Crippen MR) is 258 cm³/mol. The number of amides is 6. The van der Waals surface area contributed by atoms with Crippen molar-refractivity contribution in [3.63, 3.8) is 0 Å². The lowest BCUT2D eigenvalue weighted by Crippen LogP contribution is -2.50. The predicted octanol–water partition coefficient (Wildman–Crippen LogP) is 9.30. The molecular formula is C50H61Cl2F2N7O6. The number of ether oxygens (including phenoxy) is 2. The van der Waals surface area contributed by atoms with E-state index in [-0.39, 0.29) is 47.5 Å². The van der Waals surface area contributed by atoms with Gasteiger partial charge in [-0.05, 0) is 147 Å². The maximum Gasteiger partial charge on any atom is 0.316 e. The van der Waals surface area contributed by atoms with Crippen molar-refractivity contribution in [3.8, 4) is 11.5 Å². The molecule has 4 aromatic rings. The second-order valence-electron chi connectivity index (χ2n) is 17.9. The number of carbonyl (C=O) groups excluding carboxylic acids is 4. The smallest absolute Gasteiger partial charge is 0.316 e. The third-order valence-electron chi connectivity index (χ3n) is 13.2. The highest BCUT2D eigenvalue weighted by Crippen LogP contribution is 2.40. The molecule has 0 aliphatic carbocycles. The van der Waals surface area contributed by atoms with Crippen molar-refractivity contribution >= 4 is 58.5 Å². The number of nitrogens with two attached hydrogens (primary N) is 2. The topological polar surface area (TPSA) is 173 Å². The zero-order valence-electron chi connectivity index (χ0n) is 38.0. The number of benzene rings is 4. The Hall–Kier alpha value is -5.64. The first-order valence-electron chi connectivity index (χ1n) is 22.9. The summed E-state index contributed by atoms with van der Waals surface area (Å²) in [6.45, 7) is 7.67. The fraction of sp³-hybridized carbons (Fsp3) is 0.440. The molecule has 3 fully saturated rings. The monoisotopic (exact) mass is 963 g/mol. The highest BCUT2D eigenvalue weighted by atomic mass is 35.5. The summed E-state index contributed by atoms with van der Waals surface area (Å²) in [5.41, 5.74) is 13.4. The molecule has 6 N–H and O–H groups in total. The van der Waals surface area contributed by atoms with Crippen LogP contribution < -0.4 is 31.6 Å². The molecule has 67 heavy (non-hydrogen) atoms. The Morgan fingerprint density at radius 1 is 0.597 bits per heavy atom. The lowest BCUT2D eigenvalue weighted by molar-refractivity contribution is -0.136. The van der Waals surface area contributed by atoms with E-state index in [9.17, 15) is 28.0 Å². The molecule has 3 aliphatic heterocycles. The summed E-state index contributed by atoms with van der Waals surface area (Å²) in [5, 5.41) is 5.74. The van der Waals surface area contributed by atoms with Crippen LogP contribution in [0, 0.1) is 22.5 Å². The van der Waals surface area contributed by atoms with Gasteiger partial charge in [-0.3, -0.25) is 9.59 Å². The molecule has 6 amide bonds. The SMILES string of the molecule is CCC1(Cc2ccc(F)cc2)CCN(C(=O)COc2ccc(Cl)cc2NC(N)=O)CC1.NC(=O)Nc1cc(Cl)ccc1OCC(=O)N1CCC(Cc2ccc(F)cc2)(CN2CCCCC2)CC1. The van der Waals surface area contributed by atoms with Crippen molar-refractivity contribution in [2.24, 2.45) is 22.3 Å². The maximum atomic E-state index is 13.5. The summed E-state index contributed by atoms with van der Waals surface area (Å²) in [6.07, 6.45) is 9.99. The van der Waals surface area contributed by atoms with Gasteiger partial charge in [0.25, 0.3) is 11.8 Å². The van der Waals surface area contributed by atoms with E-state index in [1.165, 1.54) is 55.7 Å². The van der Waals surface area contributed by atoms with Crippen LogP contribution in [0.15, 0.2) is 84.9 Å². The maximum absolute atomic E-state index is 13.5. The van der Waals surface area contributed by atoms with Gasteiger partial charge in [-0.1, -0.05) is 67.2 Å². The van der Waals surface area contributed by atoms with E-state index in [2.05, 4.69) is 22.5 Å². The minimum Gasteiger partial charge on any atom is -0.482 e. The molecule has 0 aromatic heterocycles. The molecular weight excluding hydrogens is 903 g/mol. The van der Waals surface area contributed by atoms with Crippen LogP contribution >= 0.6 is 23.2 Å². The van der Waals surface area contributed by atoms with Crippen LogP contribution in [-0.4, -0.2) is 97.6 Å². The number of hydrogen-bond acceptors (Lipinski definition) is 7. The van der Waals surface area contributed by atoms with E-state index in [0.717, 1.165) is 75.7 Å². The van der Waals surface area contributed by atoms with Crippen molar-refractivity contribution < 1.29 is 37.4 Å². The van der Waals surface area contributed by atoms with Crippen LogP contribution in [0.25, 0.3) is 0 Å². The van der Waals surface area contributed by atoms with Crippen LogP contribution in [0.1, 0.15) is 69.4 Å². The Morgan fingerprint density at radius 2 is 1.00 bits per heavy atom. The van der Waals surface area contributed by atoms with Gasteiger partial charge in [0.2, 0.25) is 0 Å². The summed E-state index contributed by atoms with van der Waals surface area (Å²) >= 11 is 12.0. The van der Waals surface area contributed by atoms with E-state index in [0.29, 0.717) is 59.1 Å². The van der Waals surface area contributed by atoms with Gasteiger partial charge in [0, 0.05) is 42.8 Å². The number of halogens is 4. The Bertz CT molecular complexity index is 2300. The van der Waals surface area contributed by atoms with Gasteiger partial charge in [-0.15, -0.1) is 0 Å². The molecule has 3 aliphatic rings. The van der Waals surface area contributed by atoms with E-state index in [4.69, 9.17) is 44.1 Å². The molecule has 17 heteroatoms. The van der Waals surface area contributed by atoms with Crippen molar-refractivity contribution in [2.75, 3.05) is 69.7 Å². The Morgan fingerprint density at radius 3 is 1.40 bits per heavy atom. The number of anilines is 2. The van der Waals surface area contributed by atoms with Gasteiger partial charge in [-0.2, -0.15) is 0 Å². The number of piperidine rings is 3. The number of nitrogens with zero attached hydrogens (tertiary/aromatic N) is 3. The van der Waals surface area contributed by atoms with Crippen molar-refractivity contribution in [3.05, 3.63) is 118 Å². The van der Waals surface area contributed by atoms with Crippen LogP contribution in [-0.2, 0) is 22.4 Å². The summed E-state index contributed by atoms with van der Waals surface area (Å²) in [4.78, 5) is 54.3. The van der Waals surface area contributed by atoms with Crippen LogP contribution in [0.4, 0.5) is 29.7 Å². The lowest BCUT2D eigenvalue weighted by Gasteiger charge is -2.45. The zero-order valence-corrected chi connectivity index (χ0v) is 39.5. The molecule has 4 aromatic carbocycles. The average Bonchev–Trinajstić information content (AvgIpc) is 3.30. The summed E-state index contributed by atoms with van der Waals surface area (Å²) in [5.74, 6) is -0.0226. The van der Waals surface area contributed by atoms with Crippen LogP contribution in [0.3, 0.4) is 0 Å². The fourth-order valence-electron chi connectivity index (χ4n) is 9.35. The Balaban J connectivity index is 0.000000224. The first-order valence-corrected chi connectivity index (χ1v) is 23.6. The van der Waals surface area contributed by atoms with Crippen molar-refractivity contribution in [2.45, 2.75) is 71.1 Å². The molecule has 360 valence electrons. The summed E-state index contributed by atoms with van der Waals surface area (Å²) in [7, 11) is 0.